The van der Waals surface area contributed by atoms with E-state index in [-0.39, 0.29) is 12.5 Å². The lowest BCUT2D eigenvalue weighted by Gasteiger charge is -2.18. The summed E-state index contributed by atoms with van der Waals surface area (Å²) < 4.78 is 0. The van der Waals surface area contributed by atoms with Gasteiger partial charge < -0.3 is 10.2 Å². The maximum absolute atomic E-state index is 11.1. The van der Waals surface area contributed by atoms with Gasteiger partial charge in [0.15, 0.2) is 0 Å². The summed E-state index contributed by atoms with van der Waals surface area (Å²) in [6.45, 7) is 4.89. The van der Waals surface area contributed by atoms with Crippen LogP contribution in [0.1, 0.15) is 13.8 Å². The van der Waals surface area contributed by atoms with Crippen LogP contribution in [0, 0.1) is 5.92 Å². The monoisotopic (exact) mass is 172 g/mol. The number of hydrogen-bond donors (Lipinski definition) is 1. The fourth-order valence-electron chi connectivity index (χ4n) is 0.913. The van der Waals surface area contributed by atoms with E-state index in [0.717, 1.165) is 6.54 Å². The molecule has 0 saturated heterocycles. The summed E-state index contributed by atoms with van der Waals surface area (Å²) in [5.74, 6) is 0.394. The van der Waals surface area contributed by atoms with Crippen LogP contribution in [-0.4, -0.2) is 37.4 Å². The molecule has 0 bridgehead atoms. The van der Waals surface area contributed by atoms with Gasteiger partial charge in [-0.25, -0.2) is 0 Å². The fourth-order valence-corrected chi connectivity index (χ4v) is 0.913. The van der Waals surface area contributed by atoms with Gasteiger partial charge in [-0.05, 0) is 5.92 Å². The van der Waals surface area contributed by atoms with Crippen molar-refractivity contribution in [1.29, 1.82) is 0 Å². The molecule has 2 amide bonds. The van der Waals surface area contributed by atoms with Crippen molar-refractivity contribution < 1.29 is 9.59 Å². The molecule has 0 aliphatic carbocycles. The van der Waals surface area contributed by atoms with Crippen molar-refractivity contribution in [1.82, 2.24) is 10.2 Å². The van der Waals surface area contributed by atoms with Gasteiger partial charge >= 0.3 is 0 Å². The van der Waals surface area contributed by atoms with Gasteiger partial charge in [0.1, 0.15) is 0 Å². The lowest BCUT2D eigenvalue weighted by atomic mass is 10.2. The van der Waals surface area contributed by atoms with Crippen molar-refractivity contribution >= 4 is 12.3 Å². The lowest BCUT2D eigenvalue weighted by Crippen LogP contribution is -2.37. The van der Waals surface area contributed by atoms with E-state index >= 15 is 0 Å². The molecule has 0 aromatic heterocycles. The van der Waals surface area contributed by atoms with Crippen LogP contribution in [0.25, 0.3) is 0 Å². The molecular weight excluding hydrogens is 156 g/mol. The fraction of sp³-hybridized carbons (Fsp3) is 0.750. The zero-order chi connectivity index (χ0) is 9.56. The van der Waals surface area contributed by atoms with Gasteiger partial charge in [-0.3, -0.25) is 9.59 Å². The molecule has 4 heteroatoms. The molecule has 0 rings (SSSR count). The summed E-state index contributed by atoms with van der Waals surface area (Å²) in [5.41, 5.74) is 0. The third-order valence-corrected chi connectivity index (χ3v) is 1.40. The topological polar surface area (TPSA) is 49.4 Å². The molecule has 70 valence electrons. The smallest absolute Gasteiger partial charge is 0.241 e. The predicted molar refractivity (Wildman–Crippen MR) is 46.5 cm³/mol. The average molecular weight is 172 g/mol. The molecule has 0 unspecified atom stereocenters. The molecule has 0 radical (unpaired) electrons. The molecule has 0 aromatic rings. The zero-order valence-electron chi connectivity index (χ0n) is 7.83. The number of carbonyl (C=O) groups excluding carboxylic acids is 2. The van der Waals surface area contributed by atoms with Gasteiger partial charge in [-0.15, -0.1) is 0 Å². The van der Waals surface area contributed by atoms with E-state index < -0.39 is 0 Å². The molecule has 1 N–H and O–H groups in total. The van der Waals surface area contributed by atoms with Gasteiger partial charge in [0.2, 0.25) is 12.3 Å². The third-order valence-electron chi connectivity index (χ3n) is 1.40. The van der Waals surface area contributed by atoms with Crippen LogP contribution in [0.3, 0.4) is 0 Å². The van der Waals surface area contributed by atoms with Crippen LogP contribution in [0.4, 0.5) is 0 Å². The first kappa shape index (κ1) is 10.9. The number of nitrogens with one attached hydrogen (secondary N) is 1. The molecular formula is C8H16N2O2. The number of amides is 2. The van der Waals surface area contributed by atoms with E-state index in [2.05, 4.69) is 5.32 Å². The Labute approximate surface area is 72.9 Å². The van der Waals surface area contributed by atoms with Crippen molar-refractivity contribution in [3.05, 3.63) is 0 Å². The Morgan fingerprint density at radius 2 is 2.17 bits per heavy atom. The Hall–Kier alpha value is -1.06. The first-order valence-corrected chi connectivity index (χ1v) is 3.99. The van der Waals surface area contributed by atoms with E-state index in [4.69, 9.17) is 0 Å². The molecule has 0 heterocycles. The summed E-state index contributed by atoms with van der Waals surface area (Å²) in [7, 11) is 1.73. The maximum Gasteiger partial charge on any atom is 0.241 e. The van der Waals surface area contributed by atoms with Gasteiger partial charge in [0.25, 0.3) is 0 Å². The minimum Gasteiger partial charge on any atom is -0.350 e. The summed E-state index contributed by atoms with van der Waals surface area (Å²) in [6.07, 6.45) is 0.529. The molecule has 0 spiro atoms. The van der Waals surface area contributed by atoms with E-state index in [9.17, 15) is 9.59 Å². The van der Waals surface area contributed by atoms with Crippen molar-refractivity contribution in [3.8, 4) is 0 Å². The molecule has 0 atom stereocenters. The first-order chi connectivity index (χ1) is 5.57. The zero-order valence-corrected chi connectivity index (χ0v) is 7.83. The summed E-state index contributed by atoms with van der Waals surface area (Å²) in [5, 5.41) is 2.33. The maximum atomic E-state index is 11.1. The van der Waals surface area contributed by atoms with E-state index in [1.165, 1.54) is 0 Å². The Kier molecular flexibility index (Phi) is 5.08. The average Bonchev–Trinajstić information content (AvgIpc) is 1.98. The number of rotatable bonds is 5. The summed E-state index contributed by atoms with van der Waals surface area (Å²) >= 11 is 0. The molecule has 0 aliphatic rings. The molecule has 0 saturated carbocycles. The van der Waals surface area contributed by atoms with Crippen molar-refractivity contribution in [2.45, 2.75) is 13.8 Å². The first-order valence-electron chi connectivity index (χ1n) is 3.99. The van der Waals surface area contributed by atoms with Crippen molar-refractivity contribution in [2.75, 3.05) is 20.1 Å². The Morgan fingerprint density at radius 3 is 2.58 bits per heavy atom. The predicted octanol–water partition coefficient (Wildman–Crippen LogP) is -0.153. The van der Waals surface area contributed by atoms with Crippen LogP contribution < -0.4 is 5.32 Å². The largest absolute Gasteiger partial charge is 0.350 e. The highest BCUT2D eigenvalue weighted by molar-refractivity contribution is 5.79. The SMILES string of the molecule is CC(C)CN(C)C(=O)CNC=O. The highest BCUT2D eigenvalue weighted by atomic mass is 16.2. The Balaban J connectivity index is 3.68. The molecule has 4 nitrogen and oxygen atoms in total. The van der Waals surface area contributed by atoms with Crippen LogP contribution in [0.15, 0.2) is 0 Å². The van der Waals surface area contributed by atoms with Crippen LogP contribution in [-0.2, 0) is 9.59 Å². The van der Waals surface area contributed by atoms with Gasteiger partial charge in [-0.2, -0.15) is 0 Å². The van der Waals surface area contributed by atoms with Crippen LogP contribution >= 0.6 is 0 Å². The van der Waals surface area contributed by atoms with E-state index in [0.29, 0.717) is 12.3 Å². The van der Waals surface area contributed by atoms with Gasteiger partial charge in [0, 0.05) is 13.6 Å². The Morgan fingerprint density at radius 1 is 1.58 bits per heavy atom. The standard InChI is InChI=1S/C8H16N2O2/c1-7(2)5-10(3)8(12)4-9-6-11/h6-7H,4-5H2,1-3H3,(H,9,11). The molecule has 0 fully saturated rings. The minimum absolute atomic E-state index is 0.0594. The van der Waals surface area contributed by atoms with Gasteiger partial charge in [0.05, 0.1) is 6.54 Å². The molecule has 0 aliphatic heterocycles. The lowest BCUT2D eigenvalue weighted by molar-refractivity contribution is -0.130. The summed E-state index contributed by atoms with van der Waals surface area (Å²) in [6, 6.07) is 0. The second-order valence-electron chi connectivity index (χ2n) is 3.17. The van der Waals surface area contributed by atoms with E-state index in [1.54, 1.807) is 11.9 Å². The van der Waals surface area contributed by atoms with Crippen LogP contribution in [0.5, 0.6) is 0 Å². The van der Waals surface area contributed by atoms with E-state index in [1.807, 2.05) is 13.8 Å². The molecule has 12 heavy (non-hydrogen) atoms. The minimum atomic E-state index is -0.0594. The second-order valence-corrected chi connectivity index (χ2v) is 3.17. The quantitative estimate of drug-likeness (QED) is 0.586. The number of likely N-dealkylation sites (N-methyl/N-ethyl adjacent to an activating group) is 1. The highest BCUT2D eigenvalue weighted by Crippen LogP contribution is 1.95. The molecule has 0 aromatic carbocycles. The highest BCUT2D eigenvalue weighted by Gasteiger charge is 2.08. The summed E-state index contributed by atoms with van der Waals surface area (Å²) in [4.78, 5) is 22.6. The second kappa shape index (κ2) is 5.57. The number of hydrogen-bond acceptors (Lipinski definition) is 2. The normalized spacial score (nSPS) is 9.67. The Bertz CT molecular complexity index is 157. The number of carbonyl (C=O) groups is 2. The number of nitrogens with zero attached hydrogens (tertiary/aromatic N) is 1. The van der Waals surface area contributed by atoms with Crippen molar-refractivity contribution in [2.24, 2.45) is 5.92 Å². The van der Waals surface area contributed by atoms with Crippen molar-refractivity contribution in [3.63, 3.8) is 0 Å². The van der Waals surface area contributed by atoms with Gasteiger partial charge in [-0.1, -0.05) is 13.8 Å². The van der Waals surface area contributed by atoms with Crippen LogP contribution in [0.2, 0.25) is 0 Å². The third kappa shape index (κ3) is 4.71.